The topological polar surface area (TPSA) is 18.5 Å². The van der Waals surface area contributed by atoms with Crippen LogP contribution >= 0.6 is 0 Å². The standard InChI is InChI=1S/C14H27N3/c1-2-5-13(6-3-1)16-7-4-8-17(10-9-16)14-11-15-12-14/h13-15H,1-12H2. The first-order valence-corrected chi connectivity index (χ1v) is 7.62. The molecule has 3 fully saturated rings. The lowest BCUT2D eigenvalue weighted by Gasteiger charge is -2.38. The van der Waals surface area contributed by atoms with Crippen LogP contribution in [-0.2, 0) is 0 Å². The van der Waals surface area contributed by atoms with Gasteiger partial charge in [-0.05, 0) is 32.4 Å². The smallest absolute Gasteiger partial charge is 0.0345 e. The molecule has 3 heteroatoms. The lowest BCUT2D eigenvalue weighted by atomic mass is 9.94. The molecule has 0 radical (unpaired) electrons. The van der Waals surface area contributed by atoms with Gasteiger partial charge in [-0.3, -0.25) is 9.80 Å². The molecule has 3 rings (SSSR count). The van der Waals surface area contributed by atoms with Crippen molar-refractivity contribution in [1.82, 2.24) is 15.1 Å². The zero-order chi connectivity index (χ0) is 11.5. The van der Waals surface area contributed by atoms with Crippen molar-refractivity contribution in [3.05, 3.63) is 0 Å². The molecule has 2 saturated heterocycles. The van der Waals surface area contributed by atoms with Crippen LogP contribution in [0.4, 0.5) is 0 Å². The predicted molar refractivity (Wildman–Crippen MR) is 71.3 cm³/mol. The quantitative estimate of drug-likeness (QED) is 0.781. The van der Waals surface area contributed by atoms with E-state index < -0.39 is 0 Å². The van der Waals surface area contributed by atoms with Gasteiger partial charge in [0.2, 0.25) is 0 Å². The molecule has 3 aliphatic rings. The third-order valence-corrected chi connectivity index (χ3v) is 4.93. The second-order valence-corrected chi connectivity index (χ2v) is 6.03. The van der Waals surface area contributed by atoms with Crippen molar-refractivity contribution in [2.75, 3.05) is 39.3 Å². The molecule has 1 saturated carbocycles. The fraction of sp³-hybridized carbons (Fsp3) is 1.00. The molecule has 17 heavy (non-hydrogen) atoms. The maximum absolute atomic E-state index is 3.40. The molecule has 98 valence electrons. The second kappa shape index (κ2) is 5.68. The highest BCUT2D eigenvalue weighted by atomic mass is 15.3. The molecule has 0 spiro atoms. The molecule has 0 aromatic heterocycles. The highest BCUT2D eigenvalue weighted by molar-refractivity contribution is 4.87. The summed E-state index contributed by atoms with van der Waals surface area (Å²) < 4.78 is 0. The van der Waals surface area contributed by atoms with Gasteiger partial charge in [0.05, 0.1) is 0 Å². The largest absolute Gasteiger partial charge is 0.314 e. The van der Waals surface area contributed by atoms with Gasteiger partial charge < -0.3 is 5.32 Å². The van der Waals surface area contributed by atoms with Gasteiger partial charge in [0.15, 0.2) is 0 Å². The molecule has 0 amide bonds. The first-order chi connectivity index (χ1) is 8.43. The van der Waals surface area contributed by atoms with Crippen molar-refractivity contribution in [2.45, 2.75) is 50.6 Å². The third-order valence-electron chi connectivity index (χ3n) is 4.93. The normalized spacial score (nSPS) is 31.1. The Hall–Kier alpha value is -0.120. The first kappa shape index (κ1) is 11.9. The van der Waals surface area contributed by atoms with Crippen LogP contribution in [0.25, 0.3) is 0 Å². The Bertz CT molecular complexity index is 234. The average Bonchev–Trinajstić information content (AvgIpc) is 2.54. The molecule has 2 aliphatic heterocycles. The van der Waals surface area contributed by atoms with Gasteiger partial charge in [0.25, 0.3) is 0 Å². The summed E-state index contributed by atoms with van der Waals surface area (Å²) in [6.07, 6.45) is 8.72. The summed E-state index contributed by atoms with van der Waals surface area (Å²) in [6.45, 7) is 7.76. The molecular weight excluding hydrogens is 210 g/mol. The molecule has 3 nitrogen and oxygen atoms in total. The van der Waals surface area contributed by atoms with E-state index in [0.717, 1.165) is 12.1 Å². The van der Waals surface area contributed by atoms with E-state index in [1.54, 1.807) is 0 Å². The van der Waals surface area contributed by atoms with Gasteiger partial charge in [0.1, 0.15) is 0 Å². The Morgan fingerprint density at radius 3 is 1.88 bits per heavy atom. The van der Waals surface area contributed by atoms with E-state index in [9.17, 15) is 0 Å². The van der Waals surface area contributed by atoms with Crippen LogP contribution in [0.1, 0.15) is 38.5 Å². The van der Waals surface area contributed by atoms with Crippen molar-refractivity contribution in [2.24, 2.45) is 0 Å². The second-order valence-electron chi connectivity index (χ2n) is 6.03. The van der Waals surface area contributed by atoms with Crippen molar-refractivity contribution in [3.8, 4) is 0 Å². The molecule has 0 unspecified atom stereocenters. The van der Waals surface area contributed by atoms with E-state index in [-0.39, 0.29) is 0 Å². The average molecular weight is 237 g/mol. The van der Waals surface area contributed by atoms with Gasteiger partial charge in [-0.2, -0.15) is 0 Å². The Kier molecular flexibility index (Phi) is 3.99. The molecule has 0 atom stereocenters. The van der Waals surface area contributed by atoms with Crippen molar-refractivity contribution in [1.29, 1.82) is 0 Å². The van der Waals surface area contributed by atoms with Crippen molar-refractivity contribution in [3.63, 3.8) is 0 Å². The Morgan fingerprint density at radius 1 is 0.647 bits per heavy atom. The van der Waals surface area contributed by atoms with E-state index >= 15 is 0 Å². The Labute approximate surface area is 106 Å². The molecule has 2 heterocycles. The highest BCUT2D eigenvalue weighted by Gasteiger charge is 2.28. The number of nitrogens with one attached hydrogen (secondary N) is 1. The summed E-state index contributed by atoms with van der Waals surface area (Å²) in [5.74, 6) is 0. The highest BCUT2D eigenvalue weighted by Crippen LogP contribution is 2.23. The summed E-state index contributed by atoms with van der Waals surface area (Å²) in [5, 5.41) is 3.40. The summed E-state index contributed by atoms with van der Waals surface area (Å²) >= 11 is 0. The molecule has 1 aliphatic carbocycles. The van der Waals surface area contributed by atoms with Crippen LogP contribution in [-0.4, -0.2) is 61.2 Å². The summed E-state index contributed by atoms with van der Waals surface area (Å²) in [5.41, 5.74) is 0. The fourth-order valence-corrected chi connectivity index (χ4v) is 3.67. The van der Waals surface area contributed by atoms with Crippen LogP contribution in [0, 0.1) is 0 Å². The fourth-order valence-electron chi connectivity index (χ4n) is 3.67. The predicted octanol–water partition coefficient (Wildman–Crippen LogP) is 1.30. The van der Waals surface area contributed by atoms with Crippen molar-refractivity contribution >= 4 is 0 Å². The van der Waals surface area contributed by atoms with Gasteiger partial charge in [0, 0.05) is 38.3 Å². The van der Waals surface area contributed by atoms with Gasteiger partial charge in [-0.15, -0.1) is 0 Å². The number of rotatable bonds is 2. The Balaban J connectivity index is 1.50. The first-order valence-electron chi connectivity index (χ1n) is 7.62. The maximum atomic E-state index is 3.40. The summed E-state index contributed by atoms with van der Waals surface area (Å²) in [7, 11) is 0. The zero-order valence-corrected chi connectivity index (χ0v) is 11.0. The minimum Gasteiger partial charge on any atom is -0.314 e. The molecule has 0 bridgehead atoms. The lowest BCUT2D eigenvalue weighted by molar-refractivity contribution is 0.132. The maximum Gasteiger partial charge on any atom is 0.0345 e. The van der Waals surface area contributed by atoms with Crippen LogP contribution in [0.3, 0.4) is 0 Å². The molecule has 0 aromatic carbocycles. The SMILES string of the molecule is C1CCC(N2CCCN(C3CNC3)CC2)CC1. The zero-order valence-electron chi connectivity index (χ0n) is 11.0. The van der Waals surface area contributed by atoms with Gasteiger partial charge >= 0.3 is 0 Å². The number of hydrogen-bond acceptors (Lipinski definition) is 3. The minimum atomic E-state index is 0.848. The van der Waals surface area contributed by atoms with Crippen molar-refractivity contribution < 1.29 is 0 Å². The van der Waals surface area contributed by atoms with E-state index in [0.29, 0.717) is 0 Å². The lowest BCUT2D eigenvalue weighted by Crippen LogP contribution is -2.57. The van der Waals surface area contributed by atoms with Gasteiger partial charge in [-0.25, -0.2) is 0 Å². The Morgan fingerprint density at radius 2 is 1.29 bits per heavy atom. The van der Waals surface area contributed by atoms with Crippen LogP contribution in [0.5, 0.6) is 0 Å². The van der Waals surface area contributed by atoms with Gasteiger partial charge in [-0.1, -0.05) is 19.3 Å². The number of hydrogen-bond donors (Lipinski definition) is 1. The molecular formula is C14H27N3. The number of nitrogens with zero attached hydrogens (tertiary/aromatic N) is 2. The summed E-state index contributed by atoms with van der Waals surface area (Å²) in [6, 6.07) is 1.77. The van der Waals surface area contributed by atoms with E-state index in [1.807, 2.05) is 0 Å². The monoisotopic (exact) mass is 237 g/mol. The van der Waals surface area contributed by atoms with E-state index in [4.69, 9.17) is 0 Å². The van der Waals surface area contributed by atoms with Crippen LogP contribution in [0.15, 0.2) is 0 Å². The summed E-state index contributed by atoms with van der Waals surface area (Å²) in [4.78, 5) is 5.52. The van der Waals surface area contributed by atoms with E-state index in [2.05, 4.69) is 15.1 Å². The van der Waals surface area contributed by atoms with Crippen LogP contribution in [0.2, 0.25) is 0 Å². The minimum absolute atomic E-state index is 0.848. The molecule has 0 aromatic rings. The third kappa shape index (κ3) is 2.83. The van der Waals surface area contributed by atoms with Crippen LogP contribution < -0.4 is 5.32 Å². The van der Waals surface area contributed by atoms with E-state index in [1.165, 1.54) is 77.8 Å². The molecule has 1 N–H and O–H groups in total.